The van der Waals surface area contributed by atoms with Crippen molar-refractivity contribution in [1.82, 2.24) is 40.6 Å². The van der Waals surface area contributed by atoms with Crippen LogP contribution in [0.15, 0.2) is 77.8 Å². The molecule has 7 N–H and O–H groups in total. The highest BCUT2D eigenvalue weighted by atomic mass is 32.2. The number of aromatic amines is 1. The van der Waals surface area contributed by atoms with Crippen molar-refractivity contribution in [1.29, 1.82) is 0 Å². The number of sulfonamides is 1. The zero-order valence-electron chi connectivity index (χ0n) is 24.2. The van der Waals surface area contributed by atoms with E-state index in [1.807, 2.05) is 30.7 Å². The number of rotatable bonds is 13. The summed E-state index contributed by atoms with van der Waals surface area (Å²) in [6.45, 7) is 5.06. The minimum absolute atomic E-state index is 0.100. The quantitative estimate of drug-likeness (QED) is 0.114. The summed E-state index contributed by atoms with van der Waals surface area (Å²) in [6.07, 6.45) is 1.73. The maximum Gasteiger partial charge on any atom is 0.272 e. The first kappa shape index (κ1) is 30.6. The number of nitrogens with two attached hydrogens (primary N) is 1. The number of nitrogens with zero attached hydrogens (tertiary/aromatic N) is 5. The molecule has 0 fully saturated rings. The van der Waals surface area contributed by atoms with Gasteiger partial charge in [0.05, 0.1) is 17.5 Å². The Morgan fingerprint density at radius 3 is 2.64 bits per heavy atom. The molecule has 230 valence electrons. The molecule has 0 radical (unpaired) electrons. The Morgan fingerprint density at radius 1 is 1.09 bits per heavy atom. The summed E-state index contributed by atoms with van der Waals surface area (Å²) in [6, 6.07) is 18.4. The lowest BCUT2D eigenvalue weighted by Crippen LogP contribution is -2.42. The van der Waals surface area contributed by atoms with Crippen LogP contribution in [0.1, 0.15) is 48.2 Å². The number of aryl methyl sites for hydroxylation is 1. The number of carbonyl (C=O) groups excluding carboxylic acids is 1. The number of aliphatic hydroxyl groups is 1. The van der Waals surface area contributed by atoms with Crippen LogP contribution in [0.2, 0.25) is 0 Å². The van der Waals surface area contributed by atoms with Gasteiger partial charge in [-0.3, -0.25) is 14.6 Å². The van der Waals surface area contributed by atoms with E-state index in [4.69, 9.17) is 5.73 Å². The molecule has 0 saturated carbocycles. The number of anilines is 2. The van der Waals surface area contributed by atoms with Crippen molar-refractivity contribution in [2.75, 3.05) is 17.0 Å². The van der Waals surface area contributed by atoms with Crippen molar-refractivity contribution in [3.8, 4) is 0 Å². The smallest absolute Gasteiger partial charge is 0.272 e. The maximum absolute atomic E-state index is 12.7. The third-order valence-corrected chi connectivity index (χ3v) is 8.43. The van der Waals surface area contributed by atoms with Crippen LogP contribution in [-0.2, 0) is 23.1 Å². The zero-order valence-corrected chi connectivity index (χ0v) is 25.0. The molecule has 0 aliphatic heterocycles. The SMILES string of the molecule is CC(C)(CCn1ccc2cc(C(=O)NCc3nc(N)n[nH]3)nnc21)NC[C@H](O)c1cccc(NS(=O)(=O)c2ccccc2)c1. The van der Waals surface area contributed by atoms with Crippen molar-refractivity contribution in [3.63, 3.8) is 0 Å². The van der Waals surface area contributed by atoms with E-state index in [0.717, 1.165) is 5.39 Å². The minimum Gasteiger partial charge on any atom is -0.387 e. The fourth-order valence-corrected chi connectivity index (χ4v) is 5.59. The van der Waals surface area contributed by atoms with Gasteiger partial charge in [-0.15, -0.1) is 15.3 Å². The first-order chi connectivity index (χ1) is 21.0. The summed E-state index contributed by atoms with van der Waals surface area (Å²) in [7, 11) is -3.74. The molecule has 0 spiro atoms. The number of nitrogen functional groups attached to an aromatic ring is 1. The van der Waals surface area contributed by atoms with Crippen LogP contribution in [0.4, 0.5) is 11.6 Å². The molecule has 44 heavy (non-hydrogen) atoms. The molecule has 0 bridgehead atoms. The second-order valence-electron chi connectivity index (χ2n) is 10.9. The first-order valence-corrected chi connectivity index (χ1v) is 15.4. The average Bonchev–Trinajstić information content (AvgIpc) is 3.63. The summed E-state index contributed by atoms with van der Waals surface area (Å²) in [5.74, 6) is 0.133. The summed E-state index contributed by atoms with van der Waals surface area (Å²) in [4.78, 5) is 16.6. The summed E-state index contributed by atoms with van der Waals surface area (Å²) in [5, 5.41) is 32.5. The van der Waals surface area contributed by atoms with Gasteiger partial charge >= 0.3 is 0 Å². The molecule has 15 heteroatoms. The highest BCUT2D eigenvalue weighted by Gasteiger charge is 2.21. The van der Waals surface area contributed by atoms with Gasteiger partial charge in [0.2, 0.25) is 5.95 Å². The largest absolute Gasteiger partial charge is 0.387 e. The molecule has 14 nitrogen and oxygen atoms in total. The second-order valence-corrected chi connectivity index (χ2v) is 12.6. The lowest BCUT2D eigenvalue weighted by atomic mass is 9.99. The monoisotopic (exact) mass is 618 g/mol. The molecule has 3 aromatic heterocycles. The van der Waals surface area contributed by atoms with E-state index in [-0.39, 0.29) is 35.2 Å². The number of nitrogens with one attached hydrogen (secondary N) is 4. The fraction of sp³-hybridized carbons (Fsp3) is 0.276. The van der Waals surface area contributed by atoms with Crippen LogP contribution in [0.3, 0.4) is 0 Å². The lowest BCUT2D eigenvalue weighted by Gasteiger charge is -2.28. The van der Waals surface area contributed by atoms with Gasteiger partial charge in [-0.05, 0) is 62.2 Å². The second kappa shape index (κ2) is 12.8. The Balaban J connectivity index is 1.14. The fourth-order valence-electron chi connectivity index (χ4n) is 4.52. The van der Waals surface area contributed by atoms with Crippen molar-refractivity contribution < 1.29 is 18.3 Å². The first-order valence-electron chi connectivity index (χ1n) is 13.9. The minimum atomic E-state index is -3.74. The van der Waals surface area contributed by atoms with Crippen molar-refractivity contribution in [2.45, 2.75) is 49.9 Å². The average molecular weight is 619 g/mol. The molecular formula is C29H34N10O4S. The van der Waals surface area contributed by atoms with Crippen LogP contribution in [0, 0.1) is 0 Å². The van der Waals surface area contributed by atoms with Gasteiger partial charge in [-0.1, -0.05) is 30.3 Å². The number of β-amino-alcohol motifs (C(OH)–C–C–N with tert-alkyl or cyclic N) is 1. The highest BCUT2D eigenvalue weighted by molar-refractivity contribution is 7.92. The molecule has 5 aromatic rings. The van der Waals surface area contributed by atoms with Crippen LogP contribution in [0.5, 0.6) is 0 Å². The molecule has 0 aliphatic carbocycles. The van der Waals surface area contributed by atoms with Crippen LogP contribution in [-0.4, -0.2) is 61.5 Å². The van der Waals surface area contributed by atoms with Gasteiger partial charge in [-0.2, -0.15) is 4.98 Å². The van der Waals surface area contributed by atoms with Gasteiger partial charge in [-0.25, -0.2) is 8.42 Å². The van der Waals surface area contributed by atoms with Gasteiger partial charge < -0.3 is 26.0 Å². The Hall–Kier alpha value is -4.86. The Kier molecular flexibility index (Phi) is 8.89. The highest BCUT2D eigenvalue weighted by Crippen LogP contribution is 2.22. The molecule has 1 amide bonds. The number of H-pyrrole nitrogens is 1. The molecule has 3 heterocycles. The Bertz CT molecular complexity index is 1850. The standard InChI is InChI=1S/C29H34N10O4S/c1-29(2,32-17-24(40)19-7-6-8-21(15-19)38-44(42,43)22-9-4-3-5-10-22)12-14-39-13-11-20-16-23(34-36-26(20)39)27(41)31-18-25-33-28(30)37-35-25/h3-11,13,15-16,24,32,38,40H,12,14,17-18H2,1-2H3,(H,31,41)(H3,30,33,35,37)/t24-/m0/s1. The topological polar surface area (TPSA) is 206 Å². The van der Waals surface area contributed by atoms with Crippen molar-refractivity contribution in [2.24, 2.45) is 0 Å². The van der Waals surface area contributed by atoms with E-state index in [1.165, 1.54) is 12.1 Å². The number of aliphatic hydroxyl groups excluding tert-OH is 1. The Labute approximate surface area is 254 Å². The van der Waals surface area contributed by atoms with Crippen LogP contribution >= 0.6 is 0 Å². The van der Waals surface area contributed by atoms with Crippen molar-refractivity contribution in [3.05, 3.63) is 90.0 Å². The number of amides is 1. The van der Waals surface area contributed by atoms with E-state index in [1.54, 1.807) is 48.5 Å². The number of hydrogen-bond acceptors (Lipinski definition) is 10. The lowest BCUT2D eigenvalue weighted by molar-refractivity contribution is 0.0944. The molecule has 2 aromatic carbocycles. The third kappa shape index (κ3) is 7.55. The number of aromatic nitrogens is 6. The number of benzene rings is 2. The predicted octanol–water partition coefficient (Wildman–Crippen LogP) is 2.35. The maximum atomic E-state index is 12.7. The van der Waals surface area contributed by atoms with Gasteiger partial charge in [0, 0.05) is 35.9 Å². The zero-order chi connectivity index (χ0) is 31.3. The van der Waals surface area contributed by atoms with Crippen molar-refractivity contribution >= 4 is 38.6 Å². The summed E-state index contributed by atoms with van der Waals surface area (Å²) >= 11 is 0. The third-order valence-electron chi connectivity index (χ3n) is 7.04. The molecule has 0 aliphatic rings. The van der Waals surface area contributed by atoms with Crippen LogP contribution in [0.25, 0.3) is 11.0 Å². The summed E-state index contributed by atoms with van der Waals surface area (Å²) < 4.78 is 29.9. The van der Waals surface area contributed by atoms with E-state index >= 15 is 0 Å². The number of hydrogen-bond donors (Lipinski definition) is 6. The summed E-state index contributed by atoms with van der Waals surface area (Å²) in [5.41, 5.74) is 6.89. The Morgan fingerprint density at radius 2 is 1.89 bits per heavy atom. The van der Waals surface area contributed by atoms with E-state index in [2.05, 4.69) is 40.7 Å². The molecule has 5 rings (SSSR count). The number of fused-ring (bicyclic) bond motifs is 1. The molecular weight excluding hydrogens is 584 g/mol. The normalized spacial score (nSPS) is 12.7. The van der Waals surface area contributed by atoms with Gasteiger partial charge in [0.25, 0.3) is 15.9 Å². The number of carbonyl (C=O) groups is 1. The van der Waals surface area contributed by atoms with E-state index in [0.29, 0.717) is 35.7 Å². The molecule has 1 atom stereocenters. The van der Waals surface area contributed by atoms with E-state index < -0.39 is 22.0 Å². The van der Waals surface area contributed by atoms with E-state index in [9.17, 15) is 18.3 Å². The van der Waals surface area contributed by atoms with Gasteiger partial charge in [0.15, 0.2) is 11.3 Å². The molecule has 0 saturated heterocycles. The molecule has 0 unspecified atom stereocenters. The van der Waals surface area contributed by atoms with Crippen LogP contribution < -0.4 is 21.1 Å². The predicted molar refractivity (Wildman–Crippen MR) is 165 cm³/mol. The van der Waals surface area contributed by atoms with Gasteiger partial charge in [0.1, 0.15) is 5.82 Å².